The first-order valence-electron chi connectivity index (χ1n) is 6.83. The van der Waals surface area contributed by atoms with Crippen LogP contribution in [0.5, 0.6) is 0 Å². The van der Waals surface area contributed by atoms with Gasteiger partial charge in [-0.15, -0.1) is 11.3 Å². The lowest BCUT2D eigenvalue weighted by atomic mass is 10.2. The molecule has 112 valence electrons. The molecular weight excluding hydrogens is 288 g/mol. The molecule has 5 nitrogen and oxygen atoms in total. The third-order valence-corrected chi connectivity index (χ3v) is 3.81. The van der Waals surface area contributed by atoms with Gasteiger partial charge in [0.25, 0.3) is 5.91 Å². The minimum absolute atomic E-state index is 0.0308. The van der Waals surface area contributed by atoms with E-state index in [1.807, 2.05) is 0 Å². The molecule has 2 N–H and O–H groups in total. The second kappa shape index (κ2) is 7.25. The van der Waals surface area contributed by atoms with Crippen molar-refractivity contribution in [1.29, 1.82) is 0 Å². The summed E-state index contributed by atoms with van der Waals surface area (Å²) < 4.78 is 0. The summed E-state index contributed by atoms with van der Waals surface area (Å²) in [6.07, 6.45) is 2.48. The molecule has 1 aromatic heterocycles. The maximum atomic E-state index is 12.2. The lowest BCUT2D eigenvalue weighted by molar-refractivity contribution is -0.121. The van der Waals surface area contributed by atoms with Crippen LogP contribution in [0.2, 0.25) is 0 Å². The van der Waals surface area contributed by atoms with Gasteiger partial charge in [0.2, 0.25) is 5.91 Å². The molecule has 0 aliphatic heterocycles. The molecule has 0 unspecified atom stereocenters. The average Bonchev–Trinajstić information content (AvgIpc) is 3.13. The number of rotatable bonds is 5. The highest BCUT2D eigenvalue weighted by molar-refractivity contribution is 7.10. The maximum Gasteiger partial charge on any atom is 0.254 e. The number of thiophene rings is 1. The van der Waals surface area contributed by atoms with Crippen LogP contribution in [0.1, 0.15) is 34.5 Å². The van der Waals surface area contributed by atoms with E-state index >= 15 is 0 Å². The first kappa shape index (κ1) is 15.5. The van der Waals surface area contributed by atoms with Gasteiger partial charge in [-0.25, -0.2) is 0 Å². The van der Waals surface area contributed by atoms with Gasteiger partial charge >= 0.3 is 0 Å². The number of aliphatic hydroxyl groups excluding tert-OH is 1. The molecule has 1 fully saturated rings. The molecule has 1 saturated carbocycles. The van der Waals surface area contributed by atoms with E-state index in [0.29, 0.717) is 18.0 Å². The van der Waals surface area contributed by atoms with Crippen molar-refractivity contribution < 1.29 is 14.7 Å². The van der Waals surface area contributed by atoms with E-state index in [4.69, 9.17) is 5.11 Å². The van der Waals surface area contributed by atoms with Crippen molar-refractivity contribution in [2.45, 2.75) is 25.3 Å². The Kier molecular flexibility index (Phi) is 5.37. The number of amides is 2. The van der Waals surface area contributed by atoms with E-state index in [1.54, 1.807) is 18.5 Å². The Bertz CT molecular complexity index is 581. The highest BCUT2D eigenvalue weighted by Crippen LogP contribution is 2.18. The molecule has 0 radical (unpaired) electrons. The van der Waals surface area contributed by atoms with Crippen LogP contribution in [0.4, 0.5) is 0 Å². The zero-order valence-electron chi connectivity index (χ0n) is 11.9. The summed E-state index contributed by atoms with van der Waals surface area (Å²) in [5.74, 6) is 5.40. The third-order valence-electron chi connectivity index (χ3n) is 2.96. The number of hydrogen-bond acceptors (Lipinski definition) is 4. The lowest BCUT2D eigenvalue weighted by Gasteiger charge is -2.15. The van der Waals surface area contributed by atoms with Crippen molar-refractivity contribution in [1.82, 2.24) is 10.2 Å². The van der Waals surface area contributed by atoms with E-state index in [1.165, 1.54) is 16.2 Å². The molecule has 0 spiro atoms. The Morgan fingerprint density at radius 3 is 2.95 bits per heavy atom. The van der Waals surface area contributed by atoms with Crippen LogP contribution < -0.4 is 5.32 Å². The summed E-state index contributed by atoms with van der Waals surface area (Å²) >= 11 is 1.38. The second-order valence-electron chi connectivity index (χ2n) is 4.98. The molecule has 0 atom stereocenters. The third kappa shape index (κ3) is 4.88. The fourth-order valence-electron chi connectivity index (χ4n) is 1.73. The van der Waals surface area contributed by atoms with E-state index < -0.39 is 0 Å². The smallest absolute Gasteiger partial charge is 0.254 e. The van der Waals surface area contributed by atoms with Gasteiger partial charge in [-0.1, -0.05) is 11.8 Å². The van der Waals surface area contributed by atoms with E-state index in [2.05, 4.69) is 17.2 Å². The molecule has 1 aliphatic carbocycles. The summed E-state index contributed by atoms with van der Waals surface area (Å²) in [6, 6.07) is 2.02. The first-order valence-corrected chi connectivity index (χ1v) is 7.71. The van der Waals surface area contributed by atoms with Gasteiger partial charge in [-0.05, 0) is 18.9 Å². The van der Waals surface area contributed by atoms with E-state index in [9.17, 15) is 9.59 Å². The normalized spacial score (nSPS) is 13.2. The maximum absolute atomic E-state index is 12.2. The summed E-state index contributed by atoms with van der Waals surface area (Å²) in [5, 5.41) is 13.3. The van der Waals surface area contributed by atoms with E-state index in [-0.39, 0.29) is 25.0 Å². The predicted molar refractivity (Wildman–Crippen MR) is 81.0 cm³/mol. The largest absolute Gasteiger partial charge is 0.395 e. The van der Waals surface area contributed by atoms with Crippen molar-refractivity contribution in [2.24, 2.45) is 0 Å². The summed E-state index contributed by atoms with van der Waals surface area (Å²) in [4.78, 5) is 26.0. The van der Waals surface area contributed by atoms with Crippen LogP contribution in [0.3, 0.4) is 0 Å². The minimum Gasteiger partial charge on any atom is -0.395 e. The van der Waals surface area contributed by atoms with Crippen molar-refractivity contribution in [3.05, 3.63) is 21.9 Å². The minimum atomic E-state index is -0.188. The van der Waals surface area contributed by atoms with Gasteiger partial charge in [-0.2, -0.15) is 0 Å². The molecule has 1 aromatic rings. The Balaban J connectivity index is 1.89. The topological polar surface area (TPSA) is 69.6 Å². The standard InChI is InChI=1S/C15H18N2O3S/c1-17(9-14(19)16-12-5-6-12)15(20)11-8-13(21-10-11)4-2-3-7-18/h8,10,12,18H,3,5-7,9H2,1H3,(H,16,19). The highest BCUT2D eigenvalue weighted by atomic mass is 32.1. The van der Waals surface area contributed by atoms with Crippen LogP contribution >= 0.6 is 11.3 Å². The van der Waals surface area contributed by atoms with Crippen LogP contribution in [-0.4, -0.2) is 48.1 Å². The van der Waals surface area contributed by atoms with E-state index in [0.717, 1.165) is 17.7 Å². The molecule has 0 aromatic carbocycles. The predicted octanol–water partition coefficient (Wildman–Crippen LogP) is 0.833. The molecule has 21 heavy (non-hydrogen) atoms. The number of aliphatic hydroxyl groups is 1. The van der Waals surface area contributed by atoms with Crippen molar-refractivity contribution in [3.63, 3.8) is 0 Å². The summed E-state index contributed by atoms with van der Waals surface area (Å²) in [5.41, 5.74) is 0.537. The number of carbonyl (C=O) groups excluding carboxylic acids is 2. The summed E-state index contributed by atoms with van der Waals surface area (Å²) in [6.45, 7) is 0.0969. The molecule has 2 rings (SSSR count). The second-order valence-corrected chi connectivity index (χ2v) is 5.89. The first-order chi connectivity index (χ1) is 10.1. The Morgan fingerprint density at radius 2 is 2.29 bits per heavy atom. The number of likely N-dealkylation sites (N-methyl/N-ethyl adjacent to an activating group) is 1. The summed E-state index contributed by atoms with van der Waals surface area (Å²) in [7, 11) is 1.61. The SMILES string of the molecule is CN(CC(=O)NC1CC1)C(=O)c1csc(C#CCCO)c1. The monoisotopic (exact) mass is 306 g/mol. The zero-order valence-corrected chi connectivity index (χ0v) is 12.7. The molecule has 0 bridgehead atoms. The van der Waals surface area contributed by atoms with Gasteiger partial charge in [0.15, 0.2) is 0 Å². The van der Waals surface area contributed by atoms with Gasteiger partial charge in [-0.3, -0.25) is 9.59 Å². The molecule has 0 saturated heterocycles. The van der Waals surface area contributed by atoms with Crippen LogP contribution in [-0.2, 0) is 4.79 Å². The lowest BCUT2D eigenvalue weighted by Crippen LogP contribution is -2.39. The zero-order chi connectivity index (χ0) is 15.2. The Hall–Kier alpha value is -1.84. The van der Waals surface area contributed by atoms with Crippen molar-refractivity contribution >= 4 is 23.2 Å². The van der Waals surface area contributed by atoms with Crippen LogP contribution in [0.25, 0.3) is 0 Å². The number of carbonyl (C=O) groups is 2. The van der Waals surface area contributed by atoms with Gasteiger partial charge < -0.3 is 15.3 Å². The Labute approximate surface area is 128 Å². The fourth-order valence-corrected chi connectivity index (χ4v) is 2.48. The fraction of sp³-hybridized carbons (Fsp3) is 0.467. The average molecular weight is 306 g/mol. The molecule has 1 aliphatic rings. The Morgan fingerprint density at radius 1 is 1.52 bits per heavy atom. The highest BCUT2D eigenvalue weighted by Gasteiger charge is 2.24. The number of hydrogen-bond donors (Lipinski definition) is 2. The number of nitrogens with zero attached hydrogens (tertiary/aromatic N) is 1. The van der Waals surface area contributed by atoms with Crippen molar-refractivity contribution in [3.8, 4) is 11.8 Å². The van der Waals surface area contributed by atoms with Crippen LogP contribution in [0.15, 0.2) is 11.4 Å². The molecular formula is C15H18N2O3S. The molecule has 2 amide bonds. The molecule has 6 heteroatoms. The van der Waals surface area contributed by atoms with Crippen molar-refractivity contribution in [2.75, 3.05) is 20.2 Å². The van der Waals surface area contributed by atoms with Gasteiger partial charge in [0.05, 0.1) is 23.6 Å². The van der Waals surface area contributed by atoms with Gasteiger partial charge in [0, 0.05) is 24.9 Å². The molecule has 1 heterocycles. The quantitative estimate of drug-likeness (QED) is 0.792. The van der Waals surface area contributed by atoms with Crippen LogP contribution in [0, 0.1) is 11.8 Å². The van der Waals surface area contributed by atoms with Gasteiger partial charge in [0.1, 0.15) is 0 Å². The number of nitrogens with one attached hydrogen (secondary N) is 1.